The molecule has 4 rings (SSSR count). The van der Waals surface area contributed by atoms with Gasteiger partial charge in [0.15, 0.2) is 5.76 Å². The van der Waals surface area contributed by atoms with Gasteiger partial charge in [0.05, 0.1) is 17.7 Å². The number of nitrogens with zero attached hydrogens (tertiary/aromatic N) is 4. The first-order valence-electron chi connectivity index (χ1n) is 8.48. The molecule has 0 radical (unpaired) electrons. The van der Waals surface area contributed by atoms with Crippen molar-refractivity contribution in [2.45, 2.75) is 5.22 Å². The van der Waals surface area contributed by atoms with E-state index in [2.05, 4.69) is 10.2 Å². The molecule has 2 aromatic heterocycles. The molecule has 1 fully saturated rings. The number of anilines is 1. The molecule has 1 saturated heterocycles. The number of piperazine rings is 1. The number of carbonyl (C=O) groups excluding carboxylic acids is 1. The lowest BCUT2D eigenvalue weighted by Crippen LogP contribution is -2.49. The molecule has 1 aliphatic rings. The van der Waals surface area contributed by atoms with Crippen LogP contribution >= 0.6 is 11.8 Å². The molecule has 0 spiro atoms. The molecule has 1 aliphatic heterocycles. The van der Waals surface area contributed by atoms with Gasteiger partial charge in [0.1, 0.15) is 5.82 Å². The monoisotopic (exact) mass is 388 g/mol. The minimum Gasteiger partial charge on any atom is -0.459 e. The van der Waals surface area contributed by atoms with Crippen LogP contribution in [0.4, 0.5) is 10.1 Å². The van der Waals surface area contributed by atoms with Gasteiger partial charge in [0.25, 0.3) is 11.1 Å². The van der Waals surface area contributed by atoms with E-state index >= 15 is 0 Å². The SMILES string of the molecule is O=C(CSc1nnc(-c2ccco2)o1)N1CCN(c2ccccc2F)CC1. The lowest BCUT2D eigenvalue weighted by Gasteiger charge is -2.36. The summed E-state index contributed by atoms with van der Waals surface area (Å²) < 4.78 is 24.6. The van der Waals surface area contributed by atoms with Gasteiger partial charge in [-0.1, -0.05) is 23.9 Å². The van der Waals surface area contributed by atoms with Crippen molar-refractivity contribution in [2.75, 3.05) is 36.8 Å². The van der Waals surface area contributed by atoms with E-state index in [1.165, 1.54) is 24.1 Å². The summed E-state index contributed by atoms with van der Waals surface area (Å²) in [4.78, 5) is 16.2. The van der Waals surface area contributed by atoms with Gasteiger partial charge in [0.2, 0.25) is 5.91 Å². The number of thioether (sulfide) groups is 1. The fraction of sp³-hybridized carbons (Fsp3) is 0.278. The maximum atomic E-state index is 13.9. The Kier molecular flexibility index (Phi) is 5.10. The minimum absolute atomic E-state index is 0.00840. The molecule has 7 nitrogen and oxygen atoms in total. The van der Waals surface area contributed by atoms with Crippen LogP contribution in [-0.2, 0) is 4.79 Å². The van der Waals surface area contributed by atoms with E-state index in [9.17, 15) is 9.18 Å². The normalized spacial score (nSPS) is 14.6. The summed E-state index contributed by atoms with van der Waals surface area (Å²) in [7, 11) is 0. The van der Waals surface area contributed by atoms with Crippen LogP contribution in [-0.4, -0.2) is 52.9 Å². The molecule has 0 atom stereocenters. The van der Waals surface area contributed by atoms with Crippen LogP contribution in [0, 0.1) is 5.82 Å². The summed E-state index contributed by atoms with van der Waals surface area (Å²) in [6.07, 6.45) is 1.52. The molecule has 0 unspecified atom stereocenters. The van der Waals surface area contributed by atoms with Gasteiger partial charge >= 0.3 is 0 Å². The number of furan rings is 1. The maximum absolute atomic E-state index is 13.9. The second-order valence-corrected chi connectivity index (χ2v) is 6.88. The van der Waals surface area contributed by atoms with E-state index in [0.29, 0.717) is 42.8 Å². The summed E-state index contributed by atoms with van der Waals surface area (Å²) in [5, 5.41) is 8.14. The van der Waals surface area contributed by atoms with Crippen molar-refractivity contribution in [3.63, 3.8) is 0 Å². The number of benzene rings is 1. The second-order valence-electron chi connectivity index (χ2n) is 5.96. The zero-order valence-electron chi connectivity index (χ0n) is 14.4. The van der Waals surface area contributed by atoms with Gasteiger partial charge in [-0.3, -0.25) is 4.79 Å². The predicted molar refractivity (Wildman–Crippen MR) is 97.9 cm³/mol. The van der Waals surface area contributed by atoms with Crippen molar-refractivity contribution in [1.82, 2.24) is 15.1 Å². The number of halogens is 1. The lowest BCUT2D eigenvalue weighted by atomic mass is 10.2. The van der Waals surface area contributed by atoms with Crippen LogP contribution in [0.3, 0.4) is 0 Å². The fourth-order valence-corrected chi connectivity index (χ4v) is 3.55. The van der Waals surface area contributed by atoms with Gasteiger partial charge in [0, 0.05) is 26.2 Å². The molecule has 3 heterocycles. The number of carbonyl (C=O) groups is 1. The highest BCUT2D eigenvalue weighted by Gasteiger charge is 2.23. The van der Waals surface area contributed by atoms with Gasteiger partial charge in [-0.25, -0.2) is 4.39 Å². The molecule has 1 aromatic carbocycles. The Morgan fingerprint density at radius 1 is 1.11 bits per heavy atom. The molecule has 9 heteroatoms. The zero-order chi connectivity index (χ0) is 18.6. The highest BCUT2D eigenvalue weighted by Crippen LogP contribution is 2.24. The summed E-state index contributed by atoms with van der Waals surface area (Å²) in [5.41, 5.74) is 0.579. The van der Waals surface area contributed by atoms with E-state index < -0.39 is 0 Å². The Labute approximate surface area is 159 Å². The van der Waals surface area contributed by atoms with Crippen LogP contribution in [0.5, 0.6) is 0 Å². The predicted octanol–water partition coefficient (Wildman–Crippen LogP) is 2.91. The van der Waals surface area contributed by atoms with Crippen molar-refractivity contribution in [3.05, 3.63) is 48.5 Å². The Morgan fingerprint density at radius 3 is 2.67 bits per heavy atom. The number of amides is 1. The highest BCUT2D eigenvalue weighted by atomic mass is 32.2. The van der Waals surface area contributed by atoms with Crippen LogP contribution < -0.4 is 4.90 Å². The van der Waals surface area contributed by atoms with Crippen LogP contribution in [0.2, 0.25) is 0 Å². The van der Waals surface area contributed by atoms with Crippen molar-refractivity contribution in [3.8, 4) is 11.7 Å². The summed E-state index contributed by atoms with van der Waals surface area (Å²) in [5.74, 6) is 0.736. The molecule has 27 heavy (non-hydrogen) atoms. The lowest BCUT2D eigenvalue weighted by molar-refractivity contribution is -0.128. The molecular formula is C18H17FN4O3S. The third-order valence-corrected chi connectivity index (χ3v) is 5.09. The summed E-state index contributed by atoms with van der Waals surface area (Å²) >= 11 is 1.19. The summed E-state index contributed by atoms with van der Waals surface area (Å²) in [6, 6.07) is 10.2. The first-order chi connectivity index (χ1) is 13.2. The Hall–Kier alpha value is -2.81. The third kappa shape index (κ3) is 3.97. The van der Waals surface area contributed by atoms with Gasteiger partial charge in [-0.05, 0) is 24.3 Å². The van der Waals surface area contributed by atoms with E-state index in [0.717, 1.165) is 0 Å². The number of hydrogen-bond acceptors (Lipinski definition) is 7. The maximum Gasteiger partial charge on any atom is 0.284 e. The van der Waals surface area contributed by atoms with E-state index in [4.69, 9.17) is 8.83 Å². The standard InChI is InChI=1S/C18H17FN4O3S/c19-13-4-1-2-5-14(13)22-7-9-23(10-8-22)16(24)12-27-18-21-20-17(26-18)15-6-3-11-25-15/h1-6,11H,7-10,12H2. The molecule has 3 aromatic rings. The number of hydrogen-bond donors (Lipinski definition) is 0. The van der Waals surface area contributed by atoms with Gasteiger partial charge < -0.3 is 18.6 Å². The Balaban J connectivity index is 1.28. The minimum atomic E-state index is -0.239. The quantitative estimate of drug-likeness (QED) is 0.622. The average Bonchev–Trinajstić information content (AvgIpc) is 3.38. The fourth-order valence-electron chi connectivity index (χ4n) is 2.89. The number of aromatic nitrogens is 2. The van der Waals surface area contributed by atoms with Crippen LogP contribution in [0.25, 0.3) is 11.7 Å². The van der Waals surface area contributed by atoms with Gasteiger partial charge in [-0.15, -0.1) is 10.2 Å². The van der Waals surface area contributed by atoms with Crippen LogP contribution in [0.15, 0.2) is 56.7 Å². The van der Waals surface area contributed by atoms with Crippen molar-refractivity contribution >= 4 is 23.4 Å². The van der Waals surface area contributed by atoms with Gasteiger partial charge in [-0.2, -0.15) is 0 Å². The van der Waals surface area contributed by atoms with E-state index in [1.807, 2.05) is 11.0 Å². The molecule has 0 saturated carbocycles. The number of rotatable bonds is 5. The molecule has 0 bridgehead atoms. The molecule has 140 valence electrons. The largest absolute Gasteiger partial charge is 0.459 e. The summed E-state index contributed by atoms with van der Waals surface area (Å²) in [6.45, 7) is 2.30. The highest BCUT2D eigenvalue weighted by molar-refractivity contribution is 7.99. The Bertz CT molecular complexity index is 907. The first-order valence-corrected chi connectivity index (χ1v) is 9.47. The van der Waals surface area contributed by atoms with Crippen molar-refractivity contribution in [2.24, 2.45) is 0 Å². The van der Waals surface area contributed by atoms with E-state index in [-0.39, 0.29) is 23.4 Å². The smallest absolute Gasteiger partial charge is 0.284 e. The van der Waals surface area contributed by atoms with Crippen molar-refractivity contribution < 1.29 is 18.0 Å². The first kappa shape index (κ1) is 17.6. The molecule has 0 aliphatic carbocycles. The molecular weight excluding hydrogens is 371 g/mol. The number of para-hydroxylation sites is 1. The zero-order valence-corrected chi connectivity index (χ0v) is 15.2. The second kappa shape index (κ2) is 7.83. The average molecular weight is 388 g/mol. The van der Waals surface area contributed by atoms with Crippen LogP contribution in [0.1, 0.15) is 0 Å². The van der Waals surface area contributed by atoms with Crippen molar-refractivity contribution in [1.29, 1.82) is 0 Å². The topological polar surface area (TPSA) is 75.6 Å². The van der Waals surface area contributed by atoms with E-state index in [1.54, 1.807) is 29.2 Å². The third-order valence-electron chi connectivity index (χ3n) is 4.28. The molecule has 1 amide bonds. The molecule has 0 N–H and O–H groups in total. The Morgan fingerprint density at radius 2 is 1.93 bits per heavy atom.